The van der Waals surface area contributed by atoms with Crippen LogP contribution in [0.2, 0.25) is 5.02 Å². The van der Waals surface area contributed by atoms with Crippen LogP contribution in [-0.2, 0) is 0 Å². The van der Waals surface area contributed by atoms with E-state index in [1.165, 1.54) is 5.57 Å². The minimum absolute atomic E-state index is 0.0783. The number of anilines is 2. The Morgan fingerprint density at radius 1 is 1.24 bits per heavy atom. The molecular weight excluding hydrogens is 384 g/mol. The highest BCUT2D eigenvalue weighted by molar-refractivity contribution is 6.33. The highest BCUT2D eigenvalue weighted by Gasteiger charge is 2.29. The number of carbonyl (C=O) groups excluding carboxylic acids is 1. The summed E-state index contributed by atoms with van der Waals surface area (Å²) in [5, 5.41) is 4.71. The SMILES string of the molecule is CC1=CC(C)(C)N(C)c2cc(Cl)c(/C=N\NC(=O)c3cccc(N(C)C)c3)cc21. The first-order valence-corrected chi connectivity index (χ1v) is 9.86. The standard InChI is InChI=1S/C23H27ClN4O/c1-15-13-23(2,3)28(6)21-12-20(24)17(11-19(15)21)14-25-26-22(29)16-8-7-9-18(10-16)27(4)5/h7-14H,1-6H3,(H,26,29)/b25-14-. The van der Waals surface area contributed by atoms with E-state index in [1.807, 2.05) is 49.3 Å². The van der Waals surface area contributed by atoms with Crippen LogP contribution < -0.4 is 15.2 Å². The molecular formula is C23H27ClN4O. The molecule has 0 unspecified atom stereocenters. The topological polar surface area (TPSA) is 47.9 Å². The van der Waals surface area contributed by atoms with Gasteiger partial charge in [0.25, 0.3) is 5.91 Å². The second-order valence-corrected chi connectivity index (χ2v) is 8.48. The molecule has 0 saturated carbocycles. The number of hydrazone groups is 1. The minimum atomic E-state index is -0.267. The lowest BCUT2D eigenvalue weighted by molar-refractivity contribution is 0.0955. The molecule has 3 rings (SSSR count). The van der Waals surface area contributed by atoms with Crippen molar-refractivity contribution in [2.45, 2.75) is 26.3 Å². The van der Waals surface area contributed by atoms with Crippen molar-refractivity contribution in [1.29, 1.82) is 0 Å². The third-order valence-electron chi connectivity index (χ3n) is 5.33. The maximum atomic E-state index is 12.4. The summed E-state index contributed by atoms with van der Waals surface area (Å²) in [6, 6.07) is 11.3. The smallest absolute Gasteiger partial charge is 0.271 e. The second kappa shape index (κ2) is 7.91. The predicted molar refractivity (Wildman–Crippen MR) is 123 cm³/mol. The fourth-order valence-corrected chi connectivity index (χ4v) is 3.64. The highest BCUT2D eigenvalue weighted by atomic mass is 35.5. The van der Waals surface area contributed by atoms with E-state index < -0.39 is 0 Å². The van der Waals surface area contributed by atoms with Gasteiger partial charge in [0.2, 0.25) is 0 Å². The van der Waals surface area contributed by atoms with Gasteiger partial charge in [0.15, 0.2) is 0 Å². The first-order valence-electron chi connectivity index (χ1n) is 9.48. The molecule has 1 aliphatic heterocycles. The molecule has 2 aromatic carbocycles. The number of allylic oxidation sites excluding steroid dienone is 1. The van der Waals surface area contributed by atoms with E-state index in [2.05, 4.69) is 49.3 Å². The van der Waals surface area contributed by atoms with E-state index in [0.29, 0.717) is 10.6 Å². The zero-order valence-corrected chi connectivity index (χ0v) is 18.5. The Kier molecular flexibility index (Phi) is 5.71. The molecule has 0 bridgehead atoms. The van der Waals surface area contributed by atoms with Crippen LogP contribution in [0.4, 0.5) is 11.4 Å². The fraction of sp³-hybridized carbons (Fsp3) is 0.304. The van der Waals surface area contributed by atoms with Crippen LogP contribution in [0.15, 0.2) is 47.6 Å². The Bertz CT molecular complexity index is 1010. The number of amides is 1. The lowest BCUT2D eigenvalue weighted by Gasteiger charge is -2.40. The quantitative estimate of drug-likeness (QED) is 0.581. The number of nitrogens with one attached hydrogen (secondary N) is 1. The average molecular weight is 411 g/mol. The molecule has 6 heteroatoms. The number of benzene rings is 2. The van der Waals surface area contributed by atoms with Crippen molar-refractivity contribution in [2.24, 2.45) is 5.10 Å². The molecule has 0 spiro atoms. The van der Waals surface area contributed by atoms with Gasteiger partial charge < -0.3 is 9.80 Å². The second-order valence-electron chi connectivity index (χ2n) is 8.07. The molecule has 29 heavy (non-hydrogen) atoms. The highest BCUT2D eigenvalue weighted by Crippen LogP contribution is 2.40. The van der Waals surface area contributed by atoms with E-state index in [1.54, 1.807) is 12.3 Å². The number of likely N-dealkylation sites (N-methyl/N-ethyl adjacent to an activating group) is 1. The van der Waals surface area contributed by atoms with E-state index >= 15 is 0 Å². The van der Waals surface area contributed by atoms with Gasteiger partial charge in [-0.1, -0.05) is 23.7 Å². The van der Waals surface area contributed by atoms with Gasteiger partial charge in [0.1, 0.15) is 0 Å². The number of fused-ring (bicyclic) bond motifs is 1. The van der Waals surface area contributed by atoms with E-state index in [4.69, 9.17) is 11.6 Å². The first-order chi connectivity index (χ1) is 13.6. The number of carbonyl (C=O) groups is 1. The lowest BCUT2D eigenvalue weighted by atomic mass is 9.88. The van der Waals surface area contributed by atoms with Crippen molar-refractivity contribution in [2.75, 3.05) is 30.9 Å². The molecule has 1 aliphatic rings. The Morgan fingerprint density at radius 3 is 2.66 bits per heavy atom. The van der Waals surface area contributed by atoms with Crippen LogP contribution in [0.25, 0.3) is 5.57 Å². The third kappa shape index (κ3) is 4.30. The van der Waals surface area contributed by atoms with Gasteiger partial charge in [0, 0.05) is 49.2 Å². The number of halogens is 1. The van der Waals surface area contributed by atoms with Gasteiger partial charge in [-0.25, -0.2) is 5.43 Å². The monoisotopic (exact) mass is 410 g/mol. The van der Waals surface area contributed by atoms with Crippen LogP contribution in [-0.4, -0.2) is 38.8 Å². The predicted octanol–water partition coefficient (Wildman–Crippen LogP) is 4.80. The summed E-state index contributed by atoms with van der Waals surface area (Å²) in [6.45, 7) is 6.44. The molecule has 152 valence electrons. The van der Waals surface area contributed by atoms with Crippen molar-refractivity contribution >= 4 is 40.7 Å². The molecule has 0 saturated heterocycles. The first kappa shape index (κ1) is 20.9. The zero-order valence-electron chi connectivity index (χ0n) is 17.7. The number of nitrogens with zero attached hydrogens (tertiary/aromatic N) is 3. The molecule has 1 heterocycles. The molecule has 2 aromatic rings. The van der Waals surface area contributed by atoms with Crippen LogP contribution >= 0.6 is 11.6 Å². The molecule has 0 aromatic heterocycles. The maximum Gasteiger partial charge on any atom is 0.271 e. The Balaban J connectivity index is 1.81. The largest absolute Gasteiger partial charge is 0.378 e. The van der Waals surface area contributed by atoms with Gasteiger partial charge in [-0.3, -0.25) is 4.79 Å². The van der Waals surface area contributed by atoms with Crippen LogP contribution in [0, 0.1) is 0 Å². The average Bonchev–Trinajstić information content (AvgIpc) is 2.66. The van der Waals surface area contributed by atoms with Crippen molar-refractivity contribution < 1.29 is 4.79 Å². The molecule has 1 amide bonds. The van der Waals surface area contributed by atoms with E-state index in [0.717, 1.165) is 22.5 Å². The van der Waals surface area contributed by atoms with Crippen LogP contribution in [0.1, 0.15) is 42.3 Å². The lowest BCUT2D eigenvalue weighted by Crippen LogP contribution is -2.42. The number of rotatable bonds is 4. The maximum absolute atomic E-state index is 12.4. The summed E-state index contributed by atoms with van der Waals surface area (Å²) in [5.41, 5.74) is 8.16. The minimum Gasteiger partial charge on any atom is -0.378 e. The summed E-state index contributed by atoms with van der Waals surface area (Å²) >= 11 is 6.50. The fourth-order valence-electron chi connectivity index (χ4n) is 3.44. The van der Waals surface area contributed by atoms with E-state index in [9.17, 15) is 4.79 Å². The van der Waals surface area contributed by atoms with Crippen molar-refractivity contribution in [3.8, 4) is 0 Å². The molecule has 5 nitrogen and oxygen atoms in total. The molecule has 0 radical (unpaired) electrons. The van der Waals surface area contributed by atoms with Crippen molar-refractivity contribution in [3.63, 3.8) is 0 Å². The number of hydrogen-bond donors (Lipinski definition) is 1. The van der Waals surface area contributed by atoms with Gasteiger partial charge >= 0.3 is 0 Å². The van der Waals surface area contributed by atoms with Gasteiger partial charge in [0.05, 0.1) is 16.8 Å². The van der Waals surface area contributed by atoms with E-state index in [-0.39, 0.29) is 11.4 Å². The van der Waals surface area contributed by atoms with Gasteiger partial charge in [-0.05, 0) is 56.7 Å². The Morgan fingerprint density at radius 2 is 1.97 bits per heavy atom. The Labute approximate surface area is 177 Å². The summed E-state index contributed by atoms with van der Waals surface area (Å²) in [6.07, 6.45) is 3.83. The molecule has 0 aliphatic carbocycles. The number of hydrogen-bond acceptors (Lipinski definition) is 4. The Hall–Kier alpha value is -2.79. The normalized spacial score (nSPS) is 15.1. The zero-order chi connectivity index (χ0) is 21.3. The van der Waals surface area contributed by atoms with Crippen LogP contribution in [0.5, 0.6) is 0 Å². The van der Waals surface area contributed by atoms with Crippen molar-refractivity contribution in [1.82, 2.24) is 5.43 Å². The van der Waals surface area contributed by atoms with Gasteiger partial charge in [-0.2, -0.15) is 5.10 Å². The molecule has 1 N–H and O–H groups in total. The van der Waals surface area contributed by atoms with Gasteiger partial charge in [-0.15, -0.1) is 0 Å². The summed E-state index contributed by atoms with van der Waals surface area (Å²) in [4.78, 5) is 16.6. The van der Waals surface area contributed by atoms with Crippen LogP contribution in [0.3, 0.4) is 0 Å². The summed E-state index contributed by atoms with van der Waals surface area (Å²) in [5.74, 6) is -0.267. The third-order valence-corrected chi connectivity index (χ3v) is 5.66. The van der Waals surface area contributed by atoms with Crippen molar-refractivity contribution in [3.05, 3.63) is 64.2 Å². The summed E-state index contributed by atoms with van der Waals surface area (Å²) in [7, 11) is 5.93. The summed E-state index contributed by atoms with van der Waals surface area (Å²) < 4.78 is 0. The molecule has 0 atom stereocenters. The molecule has 0 fully saturated rings.